The van der Waals surface area contributed by atoms with E-state index in [0.29, 0.717) is 5.56 Å². The van der Waals surface area contributed by atoms with Crippen LogP contribution >= 0.6 is 0 Å². The van der Waals surface area contributed by atoms with E-state index in [1.165, 1.54) is 0 Å². The van der Waals surface area contributed by atoms with Crippen molar-refractivity contribution >= 4 is 5.78 Å². The Hall–Kier alpha value is -1.25. The van der Waals surface area contributed by atoms with Gasteiger partial charge in [0, 0.05) is 5.56 Å². The van der Waals surface area contributed by atoms with Crippen LogP contribution in [0.4, 0.5) is 8.78 Å². The molecule has 76 valence electrons. The Labute approximate surface area is 81.7 Å². The number of aryl methyl sites for hydroxylation is 2. The molecule has 14 heavy (non-hydrogen) atoms. The molecule has 3 heteroatoms. The first-order chi connectivity index (χ1) is 6.50. The van der Waals surface area contributed by atoms with Gasteiger partial charge in [0.1, 0.15) is 0 Å². The normalized spacial score (nSPS) is 10.6. The molecule has 0 aliphatic carbocycles. The Morgan fingerprint density at radius 2 is 1.93 bits per heavy atom. The zero-order valence-corrected chi connectivity index (χ0v) is 8.18. The summed E-state index contributed by atoms with van der Waals surface area (Å²) in [7, 11) is 0. The monoisotopic (exact) mass is 198 g/mol. The number of hydrogen-bond donors (Lipinski definition) is 0. The van der Waals surface area contributed by atoms with Crippen molar-refractivity contribution in [3.8, 4) is 0 Å². The van der Waals surface area contributed by atoms with Crippen LogP contribution in [0.25, 0.3) is 0 Å². The lowest BCUT2D eigenvalue weighted by Gasteiger charge is -2.03. The van der Waals surface area contributed by atoms with Crippen molar-refractivity contribution < 1.29 is 13.6 Å². The summed E-state index contributed by atoms with van der Waals surface area (Å²) in [5.74, 6) is -0.497. The Bertz CT molecular complexity index is 345. The first-order valence-corrected chi connectivity index (χ1v) is 4.39. The highest BCUT2D eigenvalue weighted by Gasteiger charge is 2.13. The summed E-state index contributed by atoms with van der Waals surface area (Å²) in [4.78, 5) is 11.2. The molecule has 0 saturated heterocycles. The lowest BCUT2D eigenvalue weighted by atomic mass is 10.0. The number of ketones is 1. The van der Waals surface area contributed by atoms with E-state index in [9.17, 15) is 13.6 Å². The number of hydrogen-bond acceptors (Lipinski definition) is 1. The van der Waals surface area contributed by atoms with Crippen LogP contribution in [0.15, 0.2) is 18.2 Å². The second kappa shape index (κ2) is 4.31. The lowest BCUT2D eigenvalue weighted by molar-refractivity contribution is 0.0829. The zero-order valence-electron chi connectivity index (χ0n) is 8.18. The van der Waals surface area contributed by atoms with Crippen molar-refractivity contribution in [2.75, 3.05) is 0 Å². The van der Waals surface area contributed by atoms with E-state index in [2.05, 4.69) is 0 Å². The standard InChI is InChI=1S/C11H12F2O/c1-7-3-4-9(5-8(7)2)10(14)6-11(12)13/h3-5,11H,6H2,1-2H3. The van der Waals surface area contributed by atoms with E-state index in [-0.39, 0.29) is 0 Å². The number of rotatable bonds is 3. The number of carbonyl (C=O) groups is 1. The molecule has 0 aliphatic heterocycles. The molecule has 0 heterocycles. The van der Waals surface area contributed by atoms with Crippen molar-refractivity contribution in [2.45, 2.75) is 26.7 Å². The van der Waals surface area contributed by atoms with Crippen LogP contribution in [0, 0.1) is 13.8 Å². The fourth-order valence-corrected chi connectivity index (χ4v) is 1.17. The van der Waals surface area contributed by atoms with E-state index in [1.807, 2.05) is 13.8 Å². The van der Waals surface area contributed by atoms with E-state index < -0.39 is 18.6 Å². The topological polar surface area (TPSA) is 17.1 Å². The Morgan fingerprint density at radius 1 is 1.29 bits per heavy atom. The average Bonchev–Trinajstić information content (AvgIpc) is 2.08. The van der Waals surface area contributed by atoms with E-state index in [1.54, 1.807) is 18.2 Å². The highest BCUT2D eigenvalue weighted by molar-refractivity contribution is 5.96. The highest BCUT2D eigenvalue weighted by atomic mass is 19.3. The minimum Gasteiger partial charge on any atom is -0.294 e. The molecule has 0 amide bonds. The van der Waals surface area contributed by atoms with Gasteiger partial charge in [0.2, 0.25) is 6.43 Å². The summed E-state index contributed by atoms with van der Waals surface area (Å²) >= 11 is 0. The van der Waals surface area contributed by atoms with Crippen LogP contribution in [0.3, 0.4) is 0 Å². The number of Topliss-reactive ketones (excluding diaryl/α,β-unsaturated/α-hetero) is 1. The van der Waals surface area contributed by atoms with Gasteiger partial charge in [0.15, 0.2) is 5.78 Å². The minimum absolute atomic E-state index is 0.369. The van der Waals surface area contributed by atoms with Crippen molar-refractivity contribution in [2.24, 2.45) is 0 Å². The number of benzene rings is 1. The molecule has 0 fully saturated rings. The molecule has 0 bridgehead atoms. The molecule has 0 aromatic heterocycles. The maximum absolute atomic E-state index is 11.9. The van der Waals surface area contributed by atoms with Crippen LogP contribution in [0.5, 0.6) is 0 Å². The lowest BCUT2D eigenvalue weighted by Crippen LogP contribution is -2.05. The van der Waals surface area contributed by atoms with Crippen molar-refractivity contribution in [1.82, 2.24) is 0 Å². The van der Waals surface area contributed by atoms with Crippen molar-refractivity contribution in [1.29, 1.82) is 0 Å². The summed E-state index contributed by atoms with van der Waals surface area (Å²) in [6, 6.07) is 5.02. The molecule has 1 aromatic carbocycles. The van der Waals surface area contributed by atoms with E-state index >= 15 is 0 Å². The molecule has 1 rings (SSSR count). The molecule has 0 aliphatic rings. The molecule has 0 atom stereocenters. The second-order valence-electron chi connectivity index (χ2n) is 3.32. The maximum atomic E-state index is 11.9. The van der Waals surface area contributed by atoms with Gasteiger partial charge >= 0.3 is 0 Å². The number of alkyl halides is 2. The van der Waals surface area contributed by atoms with Gasteiger partial charge in [-0.05, 0) is 31.0 Å². The summed E-state index contributed by atoms with van der Waals surface area (Å²) in [5, 5.41) is 0. The maximum Gasteiger partial charge on any atom is 0.245 e. The molecule has 0 N–H and O–H groups in total. The summed E-state index contributed by atoms with van der Waals surface area (Å²) < 4.78 is 23.9. The predicted octanol–water partition coefficient (Wildman–Crippen LogP) is 3.14. The molecule has 1 aromatic rings. The van der Waals surface area contributed by atoms with Gasteiger partial charge in [-0.1, -0.05) is 12.1 Å². The Kier molecular flexibility index (Phi) is 3.33. The fourth-order valence-electron chi connectivity index (χ4n) is 1.17. The van der Waals surface area contributed by atoms with Gasteiger partial charge in [0.25, 0.3) is 0 Å². The van der Waals surface area contributed by atoms with E-state index in [0.717, 1.165) is 11.1 Å². The predicted molar refractivity (Wildman–Crippen MR) is 50.9 cm³/mol. The van der Waals surface area contributed by atoms with Gasteiger partial charge in [0.05, 0.1) is 6.42 Å². The van der Waals surface area contributed by atoms with Crippen molar-refractivity contribution in [3.63, 3.8) is 0 Å². The first-order valence-electron chi connectivity index (χ1n) is 4.39. The largest absolute Gasteiger partial charge is 0.294 e. The number of halogens is 2. The van der Waals surface area contributed by atoms with Gasteiger partial charge in [-0.25, -0.2) is 8.78 Å². The fraction of sp³-hybridized carbons (Fsp3) is 0.364. The summed E-state index contributed by atoms with van der Waals surface area (Å²) in [6.07, 6.45) is -3.26. The minimum atomic E-state index is -2.57. The van der Waals surface area contributed by atoms with Gasteiger partial charge in [-0.15, -0.1) is 0 Å². The van der Waals surface area contributed by atoms with Crippen LogP contribution < -0.4 is 0 Å². The molecule has 0 radical (unpaired) electrons. The SMILES string of the molecule is Cc1ccc(C(=O)CC(F)F)cc1C. The summed E-state index contributed by atoms with van der Waals surface area (Å²) in [6.45, 7) is 3.77. The molecule has 0 unspecified atom stereocenters. The molecule has 0 saturated carbocycles. The molecule has 1 nitrogen and oxygen atoms in total. The zero-order chi connectivity index (χ0) is 10.7. The number of carbonyl (C=O) groups excluding carboxylic acids is 1. The third kappa shape index (κ3) is 2.62. The van der Waals surface area contributed by atoms with Gasteiger partial charge in [-0.3, -0.25) is 4.79 Å². The second-order valence-corrected chi connectivity index (χ2v) is 3.32. The average molecular weight is 198 g/mol. The Balaban J connectivity index is 2.86. The quantitative estimate of drug-likeness (QED) is 0.682. The molecule has 0 spiro atoms. The van der Waals surface area contributed by atoms with Gasteiger partial charge in [-0.2, -0.15) is 0 Å². The molecular weight excluding hydrogens is 186 g/mol. The van der Waals surface area contributed by atoms with Crippen LogP contribution in [-0.4, -0.2) is 12.2 Å². The highest BCUT2D eigenvalue weighted by Crippen LogP contribution is 2.13. The van der Waals surface area contributed by atoms with Crippen molar-refractivity contribution in [3.05, 3.63) is 34.9 Å². The smallest absolute Gasteiger partial charge is 0.245 e. The van der Waals surface area contributed by atoms with Gasteiger partial charge < -0.3 is 0 Å². The summed E-state index contributed by atoms with van der Waals surface area (Å²) in [5.41, 5.74) is 2.37. The first kappa shape index (κ1) is 10.8. The Morgan fingerprint density at radius 3 is 2.43 bits per heavy atom. The van der Waals surface area contributed by atoms with Crippen LogP contribution in [0.2, 0.25) is 0 Å². The van der Waals surface area contributed by atoms with Crippen LogP contribution in [0.1, 0.15) is 27.9 Å². The van der Waals surface area contributed by atoms with Crippen LogP contribution in [-0.2, 0) is 0 Å². The third-order valence-electron chi connectivity index (χ3n) is 2.17. The van der Waals surface area contributed by atoms with E-state index in [4.69, 9.17) is 0 Å². The molecular formula is C11H12F2O. The third-order valence-corrected chi connectivity index (χ3v) is 2.17.